The highest BCUT2D eigenvalue weighted by Crippen LogP contribution is 2.28. The third-order valence-corrected chi connectivity index (χ3v) is 5.93. The van der Waals surface area contributed by atoms with Crippen LogP contribution in [0.25, 0.3) is 10.9 Å². The number of hydrogen-bond acceptors (Lipinski definition) is 6. The number of nitrogens with zero attached hydrogens (tertiary/aromatic N) is 5. The number of fused-ring (bicyclic) bond motifs is 1. The van der Waals surface area contributed by atoms with Gasteiger partial charge in [0, 0.05) is 64.2 Å². The van der Waals surface area contributed by atoms with Crippen LogP contribution in [0.15, 0.2) is 54.9 Å². The molecule has 0 atom stereocenters. The van der Waals surface area contributed by atoms with E-state index in [2.05, 4.69) is 25.4 Å². The number of benzene rings is 2. The first-order valence-electron chi connectivity index (χ1n) is 11.4. The van der Waals surface area contributed by atoms with Gasteiger partial charge in [-0.05, 0) is 55.5 Å². The van der Waals surface area contributed by atoms with Crippen LogP contribution in [-0.2, 0) is 6.42 Å². The third-order valence-electron chi connectivity index (χ3n) is 5.93. The van der Waals surface area contributed by atoms with Gasteiger partial charge in [-0.2, -0.15) is 10.2 Å². The Balaban J connectivity index is 0.000000791. The molecule has 38 heavy (non-hydrogen) atoms. The first-order valence-corrected chi connectivity index (χ1v) is 11.4. The molecular weight excluding hydrogens is 517 g/mol. The fraction of sp³-hybridized carbons (Fsp3) is 0.280. The summed E-state index contributed by atoms with van der Waals surface area (Å²) in [4.78, 5) is 11.5. The summed E-state index contributed by atoms with van der Waals surface area (Å²) < 4.78 is 62.0. The lowest BCUT2D eigenvalue weighted by Crippen LogP contribution is -2.30. The van der Waals surface area contributed by atoms with Gasteiger partial charge in [-0.3, -0.25) is 0 Å². The van der Waals surface area contributed by atoms with E-state index >= 15 is 0 Å². The highest BCUT2D eigenvalue weighted by atomic mass is 20.0. The van der Waals surface area contributed by atoms with Gasteiger partial charge < -0.3 is 10.2 Å². The molecule has 4 aromatic rings. The molecule has 6 nitrogen and oxygen atoms in total. The summed E-state index contributed by atoms with van der Waals surface area (Å²) in [5, 5.41) is 12.7. The van der Waals surface area contributed by atoms with Crippen molar-refractivity contribution in [2.24, 2.45) is 0 Å². The molecule has 1 aliphatic rings. The average Bonchev–Trinajstić information content (AvgIpc) is 2.98. The largest absolute Gasteiger partial charge is 0.371 e. The van der Waals surface area contributed by atoms with Crippen molar-refractivity contribution in [3.8, 4) is 0 Å². The number of aryl methyl sites for hydroxylation is 1. The molecule has 0 spiro atoms. The Bertz CT molecular complexity index is 1270. The zero-order valence-electron chi connectivity index (χ0n) is 20.3. The van der Waals surface area contributed by atoms with Crippen molar-refractivity contribution in [1.82, 2.24) is 20.2 Å². The number of rotatable bonds is 5. The van der Waals surface area contributed by atoms with Crippen molar-refractivity contribution in [3.05, 3.63) is 77.6 Å². The number of hydrogen-bond donors (Lipinski definition) is 1. The third kappa shape index (κ3) is 7.73. The quantitative estimate of drug-likeness (QED) is 0.261. The van der Waals surface area contributed by atoms with Crippen molar-refractivity contribution < 1.29 is 31.8 Å². The lowest BCUT2D eigenvalue weighted by Gasteiger charge is -2.30. The van der Waals surface area contributed by atoms with Crippen LogP contribution in [0, 0.1) is 12.7 Å². The average molecular weight is 543 g/mol. The summed E-state index contributed by atoms with van der Waals surface area (Å²) in [6.07, 6.45) is 7.50. The molecule has 0 bridgehead atoms. The van der Waals surface area contributed by atoms with Crippen molar-refractivity contribution in [1.29, 1.82) is 0 Å². The molecule has 5 rings (SSSR count). The Hall–Kier alpha value is -4.03. The molecule has 0 unspecified atom stereocenters. The molecule has 0 amide bonds. The van der Waals surface area contributed by atoms with Crippen LogP contribution in [0.1, 0.15) is 36.2 Å². The fourth-order valence-electron chi connectivity index (χ4n) is 4.30. The van der Waals surface area contributed by atoms with Gasteiger partial charge in [0.05, 0.1) is 17.4 Å². The van der Waals surface area contributed by atoms with Crippen molar-refractivity contribution >= 4 is 28.1 Å². The lowest BCUT2D eigenvalue weighted by atomic mass is 10.0. The Morgan fingerprint density at radius 2 is 1.66 bits per heavy atom. The molecular formula is C25H25F7N6. The maximum Gasteiger partial charge on any atom is 0.135 e. The number of halogens is 7. The van der Waals surface area contributed by atoms with Crippen LogP contribution in [0.4, 0.5) is 49.0 Å². The van der Waals surface area contributed by atoms with Gasteiger partial charge in [0.15, 0.2) is 0 Å². The van der Waals surface area contributed by atoms with Gasteiger partial charge in [0.25, 0.3) is 0 Å². The van der Waals surface area contributed by atoms with Gasteiger partial charge in [-0.25, -0.2) is 14.4 Å². The van der Waals surface area contributed by atoms with E-state index in [1.54, 1.807) is 18.5 Å². The molecule has 1 fully saturated rings. The summed E-state index contributed by atoms with van der Waals surface area (Å²) >= 11 is 0. The second kappa shape index (κ2) is 15.9. The summed E-state index contributed by atoms with van der Waals surface area (Å²) in [6, 6.07) is 12.9. The van der Waals surface area contributed by atoms with Crippen molar-refractivity contribution in [2.45, 2.75) is 32.6 Å². The molecule has 0 aliphatic carbocycles. The smallest absolute Gasteiger partial charge is 0.135 e. The van der Waals surface area contributed by atoms with Crippen LogP contribution >= 0.6 is 0 Å². The van der Waals surface area contributed by atoms with E-state index in [9.17, 15) is 4.39 Å². The van der Waals surface area contributed by atoms with Crippen LogP contribution in [0.2, 0.25) is 0 Å². The van der Waals surface area contributed by atoms with E-state index < -0.39 is 0 Å². The summed E-state index contributed by atoms with van der Waals surface area (Å²) in [6.45, 7) is 3.94. The summed E-state index contributed by atoms with van der Waals surface area (Å²) in [7, 11) is 0. The molecule has 0 radical (unpaired) electrons. The minimum absolute atomic E-state index is 0.210. The molecule has 1 N–H and O–H groups in total. The monoisotopic (exact) mass is 542 g/mol. The van der Waals surface area contributed by atoms with Crippen molar-refractivity contribution in [3.63, 3.8) is 0 Å². The first kappa shape index (κ1) is 30.2. The minimum atomic E-state index is -0.210. The van der Waals surface area contributed by atoms with E-state index in [-0.39, 0.29) is 5.82 Å². The molecule has 1 aliphatic heterocycles. The summed E-state index contributed by atoms with van der Waals surface area (Å²) in [5.41, 5.74) is 4.77. The Morgan fingerprint density at radius 1 is 0.921 bits per heavy atom. The topological polar surface area (TPSA) is 66.8 Å². The van der Waals surface area contributed by atoms with Crippen molar-refractivity contribution in [2.75, 3.05) is 23.3 Å². The zero-order valence-corrected chi connectivity index (χ0v) is 20.3. The lowest BCUT2D eigenvalue weighted by molar-refractivity contribution is 0.108. The molecule has 13 heteroatoms. The molecule has 1 saturated heterocycles. The number of nitrogens with one attached hydrogen (secondary N) is 1. The van der Waals surface area contributed by atoms with Gasteiger partial charge in [-0.1, -0.05) is 24.3 Å². The van der Waals surface area contributed by atoms with Gasteiger partial charge >= 0.3 is 0 Å². The molecule has 2 aromatic heterocycles. The van der Waals surface area contributed by atoms with Crippen LogP contribution in [0.5, 0.6) is 0 Å². The SMILES string of the molecule is Cc1cccc2c(Nc3ccnc(Cc4ccc(F)cc4N4CCCCC4)n3)cnnc12.FF.FF.FF. The van der Waals surface area contributed by atoms with Crippen LogP contribution in [0.3, 0.4) is 0 Å². The Morgan fingerprint density at radius 3 is 2.39 bits per heavy atom. The van der Waals surface area contributed by atoms with E-state index in [1.165, 1.54) is 12.5 Å². The molecule has 0 saturated carbocycles. The van der Waals surface area contributed by atoms with Crippen LogP contribution < -0.4 is 10.2 Å². The predicted molar refractivity (Wildman–Crippen MR) is 132 cm³/mol. The van der Waals surface area contributed by atoms with E-state index in [0.29, 0.717) is 18.1 Å². The highest BCUT2D eigenvalue weighted by molar-refractivity contribution is 5.93. The van der Waals surface area contributed by atoms with Crippen LogP contribution in [-0.4, -0.2) is 33.3 Å². The van der Waals surface area contributed by atoms with E-state index in [4.69, 9.17) is 32.4 Å². The second-order valence-corrected chi connectivity index (χ2v) is 8.21. The Kier molecular flexibility index (Phi) is 12.7. The molecule has 204 valence electrons. The normalized spacial score (nSPS) is 12.3. The minimum Gasteiger partial charge on any atom is -0.371 e. The highest BCUT2D eigenvalue weighted by Gasteiger charge is 2.16. The zero-order chi connectivity index (χ0) is 27.9. The number of aromatic nitrogens is 4. The predicted octanol–water partition coefficient (Wildman–Crippen LogP) is 7.71. The van der Waals surface area contributed by atoms with E-state index in [0.717, 1.165) is 59.3 Å². The maximum absolute atomic E-state index is 14.0. The van der Waals surface area contributed by atoms with Gasteiger partial charge in [0.2, 0.25) is 0 Å². The molecule has 2 aromatic carbocycles. The van der Waals surface area contributed by atoms with Gasteiger partial charge in [0.1, 0.15) is 17.5 Å². The fourth-order valence-corrected chi connectivity index (χ4v) is 4.30. The second-order valence-electron chi connectivity index (χ2n) is 8.21. The maximum atomic E-state index is 14.0. The van der Waals surface area contributed by atoms with E-state index in [1.807, 2.05) is 37.3 Å². The Labute approximate surface area is 214 Å². The molecule has 3 heterocycles. The number of anilines is 3. The standard InChI is InChI=1S/C25H25FN6.3F2/c1-17-6-5-7-20-21(16-28-31-25(17)20)29-23-10-11-27-24(30-23)14-18-8-9-19(26)15-22(18)32-12-3-2-4-13-32;3*1-2/h5-11,15-16H,2-4,12-14H2,1H3,(H,27,29,30,31);;;. The summed E-state index contributed by atoms with van der Waals surface area (Å²) in [5.74, 6) is 1.16. The van der Waals surface area contributed by atoms with Gasteiger partial charge in [-0.15, -0.1) is 0 Å². The number of piperidine rings is 1. The first-order chi connectivity index (χ1) is 18.7.